The maximum absolute atomic E-state index is 11.6. The molecule has 4 N–H and O–H groups in total. The molecule has 2 heterocycles. The molecule has 0 spiro atoms. The van der Waals surface area contributed by atoms with E-state index in [1.807, 2.05) is 36.5 Å². The number of aliphatic hydroxyl groups excluding tert-OH is 1. The van der Waals surface area contributed by atoms with Crippen LogP contribution in [0, 0.1) is 0 Å². The molecular weight excluding hydrogens is 348 g/mol. The number of rotatable bonds is 5. The lowest BCUT2D eigenvalue weighted by atomic mass is 10.1. The number of thioether (sulfide) groups is 1. The fourth-order valence-electron chi connectivity index (χ4n) is 3.13. The lowest BCUT2D eigenvalue weighted by Crippen LogP contribution is -2.38. The summed E-state index contributed by atoms with van der Waals surface area (Å²) in [6.45, 7) is 0.718. The molecule has 0 saturated carbocycles. The zero-order valence-electron chi connectivity index (χ0n) is 14.1. The van der Waals surface area contributed by atoms with Crippen LogP contribution in [0.4, 0.5) is 0 Å². The summed E-state index contributed by atoms with van der Waals surface area (Å²) in [4.78, 5) is 11.6. The topological polar surface area (TPSA) is 93.2 Å². The Balaban J connectivity index is 1.52. The van der Waals surface area contributed by atoms with Crippen molar-refractivity contribution in [2.24, 2.45) is 5.73 Å². The number of fused-ring (bicyclic) bond motifs is 1. The average molecular weight is 368 g/mol. The monoisotopic (exact) mass is 368 g/mol. The molecule has 1 fully saturated rings. The normalized spacial score (nSPS) is 19.9. The summed E-state index contributed by atoms with van der Waals surface area (Å²) in [5.74, 6) is 1.27. The number of primary amides is 1. The molecule has 134 valence electrons. The first kappa shape index (κ1) is 17.1. The largest absolute Gasteiger partial charge is 0.391 e. The molecule has 1 aliphatic rings. The highest BCUT2D eigenvalue weighted by Crippen LogP contribution is 2.20. The molecule has 0 unspecified atom stereocenters. The first-order valence-corrected chi connectivity index (χ1v) is 9.64. The van der Waals surface area contributed by atoms with Crippen LogP contribution in [0.25, 0.3) is 16.6 Å². The summed E-state index contributed by atoms with van der Waals surface area (Å²) in [6, 6.07) is 13.6. The number of carbonyl (C=O) groups excluding carboxylic acids is 1. The van der Waals surface area contributed by atoms with Crippen LogP contribution in [0.3, 0.4) is 0 Å². The molecule has 1 amide bonds. The Morgan fingerprint density at radius 2 is 2.08 bits per heavy atom. The molecule has 2 atom stereocenters. The number of aliphatic hydroxyl groups is 1. The fraction of sp³-hybridized carbons (Fsp3) is 0.263. The highest BCUT2D eigenvalue weighted by molar-refractivity contribution is 7.99. The van der Waals surface area contributed by atoms with Gasteiger partial charge in [-0.05, 0) is 23.8 Å². The van der Waals surface area contributed by atoms with Crippen LogP contribution in [0.5, 0.6) is 0 Å². The van der Waals surface area contributed by atoms with Gasteiger partial charge in [-0.2, -0.15) is 16.9 Å². The third kappa shape index (κ3) is 3.33. The van der Waals surface area contributed by atoms with Gasteiger partial charge in [-0.3, -0.25) is 4.79 Å². The highest BCUT2D eigenvalue weighted by Gasteiger charge is 2.24. The Kier molecular flexibility index (Phi) is 4.67. The van der Waals surface area contributed by atoms with E-state index in [2.05, 4.69) is 10.4 Å². The first-order valence-electron chi connectivity index (χ1n) is 8.48. The molecule has 2 aromatic carbocycles. The summed E-state index contributed by atoms with van der Waals surface area (Å²) < 4.78 is 1.76. The van der Waals surface area contributed by atoms with E-state index in [0.717, 1.165) is 34.7 Å². The van der Waals surface area contributed by atoms with Crippen molar-refractivity contribution in [2.75, 3.05) is 11.5 Å². The van der Waals surface area contributed by atoms with Crippen LogP contribution in [0.15, 0.2) is 48.7 Å². The zero-order valence-corrected chi connectivity index (χ0v) is 14.9. The molecule has 6 nitrogen and oxygen atoms in total. The number of nitrogens with one attached hydrogen (secondary N) is 1. The summed E-state index contributed by atoms with van der Waals surface area (Å²) in [7, 11) is 0. The second-order valence-corrected chi connectivity index (χ2v) is 7.51. The number of nitrogens with zero attached hydrogens (tertiary/aromatic N) is 2. The highest BCUT2D eigenvalue weighted by atomic mass is 32.2. The first-order chi connectivity index (χ1) is 12.6. The van der Waals surface area contributed by atoms with Crippen LogP contribution in [-0.2, 0) is 6.54 Å². The van der Waals surface area contributed by atoms with Gasteiger partial charge in [0.15, 0.2) is 0 Å². The van der Waals surface area contributed by atoms with Crippen LogP contribution >= 0.6 is 11.8 Å². The minimum atomic E-state index is -0.477. The van der Waals surface area contributed by atoms with E-state index in [4.69, 9.17) is 5.73 Å². The minimum absolute atomic E-state index is 0.156. The van der Waals surface area contributed by atoms with Crippen LogP contribution < -0.4 is 11.1 Å². The second kappa shape index (κ2) is 7.11. The molecule has 0 bridgehead atoms. The second-order valence-electron chi connectivity index (χ2n) is 6.44. The number of hydrogen-bond acceptors (Lipinski definition) is 5. The van der Waals surface area contributed by atoms with Gasteiger partial charge in [0.1, 0.15) is 5.52 Å². The molecule has 0 radical (unpaired) electrons. The summed E-state index contributed by atoms with van der Waals surface area (Å²) >= 11 is 1.77. The molecular formula is C19H20N4O2S. The quantitative estimate of drug-likeness (QED) is 0.637. The summed E-state index contributed by atoms with van der Waals surface area (Å²) in [5, 5.41) is 18.7. The SMILES string of the molecule is NC(=O)c1cccc2cn(-c3ccc(CN[C@@H]4CSC[C@H]4O)cc3)nc12. The van der Waals surface area contributed by atoms with Gasteiger partial charge >= 0.3 is 0 Å². The van der Waals surface area contributed by atoms with Crippen molar-refractivity contribution < 1.29 is 9.90 Å². The van der Waals surface area contributed by atoms with Crippen molar-refractivity contribution in [3.8, 4) is 5.69 Å². The van der Waals surface area contributed by atoms with E-state index in [-0.39, 0.29) is 12.1 Å². The number of carbonyl (C=O) groups is 1. The third-order valence-electron chi connectivity index (χ3n) is 4.62. The molecule has 26 heavy (non-hydrogen) atoms. The Hall–Kier alpha value is -2.35. The molecule has 1 aliphatic heterocycles. The fourth-order valence-corrected chi connectivity index (χ4v) is 4.33. The molecule has 1 saturated heterocycles. The lowest BCUT2D eigenvalue weighted by Gasteiger charge is -2.15. The number of aromatic nitrogens is 2. The van der Waals surface area contributed by atoms with Crippen molar-refractivity contribution in [3.63, 3.8) is 0 Å². The van der Waals surface area contributed by atoms with Gasteiger partial charge in [0.05, 0.1) is 17.4 Å². The third-order valence-corrected chi connectivity index (χ3v) is 5.79. The number of amides is 1. The Labute approximate surface area is 155 Å². The van der Waals surface area contributed by atoms with E-state index >= 15 is 0 Å². The van der Waals surface area contributed by atoms with Gasteiger partial charge < -0.3 is 16.2 Å². The van der Waals surface area contributed by atoms with Crippen molar-refractivity contribution >= 4 is 28.6 Å². The predicted octanol–water partition coefficient (Wildman–Crippen LogP) is 1.69. The van der Waals surface area contributed by atoms with Crippen LogP contribution in [0.1, 0.15) is 15.9 Å². The standard InChI is InChI=1S/C19H20N4O2S/c20-19(25)15-3-1-2-13-9-23(22-18(13)15)14-6-4-12(5-7-14)8-21-16-10-26-11-17(16)24/h1-7,9,16-17,21,24H,8,10-11H2,(H2,20,25)/t16-,17-/m1/s1. The van der Waals surface area contributed by atoms with Gasteiger partial charge in [0.2, 0.25) is 0 Å². The van der Waals surface area contributed by atoms with Gasteiger partial charge in [0, 0.05) is 35.7 Å². The van der Waals surface area contributed by atoms with Gasteiger partial charge in [-0.15, -0.1) is 0 Å². The van der Waals surface area contributed by atoms with E-state index < -0.39 is 5.91 Å². The number of hydrogen-bond donors (Lipinski definition) is 3. The van der Waals surface area contributed by atoms with E-state index in [1.54, 1.807) is 28.6 Å². The predicted molar refractivity (Wildman–Crippen MR) is 104 cm³/mol. The van der Waals surface area contributed by atoms with Crippen LogP contribution in [-0.4, -0.2) is 44.4 Å². The Bertz CT molecular complexity index is 938. The van der Waals surface area contributed by atoms with Crippen molar-refractivity contribution in [1.29, 1.82) is 0 Å². The Morgan fingerprint density at radius 3 is 2.77 bits per heavy atom. The van der Waals surface area contributed by atoms with Gasteiger partial charge in [-0.25, -0.2) is 4.68 Å². The lowest BCUT2D eigenvalue weighted by molar-refractivity contribution is 0.100. The van der Waals surface area contributed by atoms with E-state index in [0.29, 0.717) is 11.1 Å². The zero-order chi connectivity index (χ0) is 18.1. The maximum Gasteiger partial charge on any atom is 0.250 e. The van der Waals surface area contributed by atoms with E-state index in [9.17, 15) is 9.90 Å². The van der Waals surface area contributed by atoms with Crippen molar-refractivity contribution in [3.05, 3.63) is 59.8 Å². The molecule has 0 aliphatic carbocycles. The summed E-state index contributed by atoms with van der Waals surface area (Å²) in [6.07, 6.45) is 1.62. The summed E-state index contributed by atoms with van der Waals surface area (Å²) in [5.41, 5.74) is 8.52. The number of nitrogens with two attached hydrogens (primary N) is 1. The van der Waals surface area contributed by atoms with Gasteiger partial charge in [-0.1, -0.05) is 24.3 Å². The van der Waals surface area contributed by atoms with E-state index in [1.165, 1.54) is 0 Å². The minimum Gasteiger partial charge on any atom is -0.391 e. The van der Waals surface area contributed by atoms with Crippen molar-refractivity contribution in [2.45, 2.75) is 18.7 Å². The molecule has 3 aromatic rings. The number of benzene rings is 2. The average Bonchev–Trinajstić information content (AvgIpc) is 3.26. The molecule has 1 aromatic heterocycles. The molecule has 4 rings (SSSR count). The van der Waals surface area contributed by atoms with Gasteiger partial charge in [0.25, 0.3) is 5.91 Å². The maximum atomic E-state index is 11.6. The van der Waals surface area contributed by atoms with Crippen LogP contribution in [0.2, 0.25) is 0 Å². The smallest absolute Gasteiger partial charge is 0.250 e. The molecule has 7 heteroatoms. The van der Waals surface area contributed by atoms with Crippen molar-refractivity contribution in [1.82, 2.24) is 15.1 Å². The Morgan fingerprint density at radius 1 is 1.27 bits per heavy atom.